The van der Waals surface area contributed by atoms with Crippen LogP contribution in [0.25, 0.3) is 0 Å². The first kappa shape index (κ1) is 11.7. The van der Waals surface area contributed by atoms with E-state index in [1.807, 2.05) is 6.92 Å². The molecule has 3 nitrogen and oxygen atoms in total. The van der Waals surface area contributed by atoms with Gasteiger partial charge in [0, 0.05) is 5.41 Å². The van der Waals surface area contributed by atoms with Gasteiger partial charge in [0.2, 0.25) is 0 Å². The molecule has 0 saturated carbocycles. The van der Waals surface area contributed by atoms with Gasteiger partial charge in [0.1, 0.15) is 0 Å². The van der Waals surface area contributed by atoms with Crippen molar-refractivity contribution in [1.82, 2.24) is 0 Å². The third kappa shape index (κ3) is 3.80. The third-order valence-corrected chi connectivity index (χ3v) is 3.47. The van der Waals surface area contributed by atoms with E-state index in [1.165, 1.54) is 5.41 Å². The first-order valence-corrected chi connectivity index (χ1v) is 6.67. The largest absolute Gasteiger partial charge is 0.370 e. The lowest BCUT2D eigenvalue weighted by Gasteiger charge is -2.18. The lowest BCUT2D eigenvalue weighted by Crippen LogP contribution is -2.22. The topological polar surface area (TPSA) is 43.4 Å². The molecule has 1 aliphatic heterocycles. The molecule has 4 heteroatoms. The molecule has 2 unspecified atom stereocenters. The van der Waals surface area contributed by atoms with E-state index in [1.54, 1.807) is 6.08 Å². The molecule has 0 N–H and O–H groups in total. The van der Waals surface area contributed by atoms with Gasteiger partial charge in [-0.3, -0.25) is 0 Å². The Morgan fingerprint density at radius 3 is 2.50 bits per heavy atom. The fourth-order valence-electron chi connectivity index (χ4n) is 1.65. The molecule has 0 bridgehead atoms. The Bertz CT molecular complexity index is 303. The van der Waals surface area contributed by atoms with E-state index in [0.717, 1.165) is 6.42 Å². The molecule has 2 atom stereocenters. The van der Waals surface area contributed by atoms with Crippen LogP contribution in [0.3, 0.4) is 0 Å². The highest BCUT2D eigenvalue weighted by Crippen LogP contribution is 2.16. The number of hydrogen-bond acceptors (Lipinski definition) is 3. The molecule has 82 valence electrons. The monoisotopic (exact) mass is 218 g/mol. The molecule has 1 aliphatic rings. The van der Waals surface area contributed by atoms with E-state index in [-0.39, 0.29) is 18.0 Å². The van der Waals surface area contributed by atoms with Gasteiger partial charge in [0.05, 0.1) is 18.0 Å². The van der Waals surface area contributed by atoms with Crippen molar-refractivity contribution in [3.05, 3.63) is 11.5 Å². The maximum absolute atomic E-state index is 11.1. The van der Waals surface area contributed by atoms with Gasteiger partial charge >= 0.3 is 0 Å². The first-order valence-electron chi connectivity index (χ1n) is 4.95. The zero-order valence-corrected chi connectivity index (χ0v) is 9.75. The molecule has 1 rings (SSSR count). The molecule has 0 amide bonds. The molecule has 0 spiro atoms. The summed E-state index contributed by atoms with van der Waals surface area (Å²) in [6, 6.07) is 0. The molecule has 1 heterocycles. The molecular formula is C10H18O3S. The van der Waals surface area contributed by atoms with Crippen LogP contribution in [0.1, 0.15) is 27.2 Å². The summed E-state index contributed by atoms with van der Waals surface area (Å²) in [6.07, 6.45) is 2.48. The molecule has 0 radical (unpaired) electrons. The Labute approximate surface area is 86.1 Å². The number of hydrogen-bond donors (Lipinski definition) is 0. The molecule has 0 saturated heterocycles. The summed E-state index contributed by atoms with van der Waals surface area (Å²) in [4.78, 5) is 0. The second-order valence-electron chi connectivity index (χ2n) is 4.27. The van der Waals surface area contributed by atoms with Gasteiger partial charge in [-0.2, -0.15) is 0 Å². The predicted molar refractivity (Wildman–Crippen MR) is 56.7 cm³/mol. The van der Waals surface area contributed by atoms with Crippen molar-refractivity contribution in [2.75, 3.05) is 5.75 Å². The molecule has 14 heavy (non-hydrogen) atoms. The van der Waals surface area contributed by atoms with Crippen molar-refractivity contribution < 1.29 is 13.2 Å². The van der Waals surface area contributed by atoms with Crippen molar-refractivity contribution >= 4 is 9.84 Å². The number of rotatable bonds is 4. The maximum Gasteiger partial charge on any atom is 0.174 e. The van der Waals surface area contributed by atoms with Crippen LogP contribution in [-0.4, -0.2) is 26.4 Å². The van der Waals surface area contributed by atoms with Crippen LogP contribution in [0.5, 0.6) is 0 Å². The summed E-state index contributed by atoms with van der Waals surface area (Å²) < 4.78 is 27.7. The van der Waals surface area contributed by atoms with Gasteiger partial charge in [0.15, 0.2) is 9.84 Å². The minimum atomic E-state index is -2.98. The maximum atomic E-state index is 11.1. The smallest absolute Gasteiger partial charge is 0.174 e. The molecule has 0 aromatic carbocycles. The average Bonchev–Trinajstić information content (AvgIpc) is 2.27. The minimum Gasteiger partial charge on any atom is -0.370 e. The summed E-state index contributed by atoms with van der Waals surface area (Å²) in [5.41, 5.74) is 0. The van der Waals surface area contributed by atoms with E-state index >= 15 is 0 Å². The first-order chi connectivity index (χ1) is 6.39. The summed E-state index contributed by atoms with van der Waals surface area (Å²) in [7, 11) is -2.98. The number of sulfone groups is 1. The van der Waals surface area contributed by atoms with Crippen molar-refractivity contribution in [2.45, 2.75) is 39.4 Å². The Morgan fingerprint density at radius 2 is 2.07 bits per heavy atom. The second kappa shape index (κ2) is 4.45. The molecule has 0 aliphatic carbocycles. The average molecular weight is 218 g/mol. The van der Waals surface area contributed by atoms with Gasteiger partial charge in [0.25, 0.3) is 0 Å². The van der Waals surface area contributed by atoms with Crippen LogP contribution < -0.4 is 0 Å². The van der Waals surface area contributed by atoms with Crippen LogP contribution in [0, 0.1) is 5.92 Å². The fraction of sp³-hybridized carbons (Fsp3) is 0.800. The van der Waals surface area contributed by atoms with Crippen LogP contribution in [0.15, 0.2) is 11.5 Å². The Kier molecular flexibility index (Phi) is 3.72. The molecule has 0 fully saturated rings. The summed E-state index contributed by atoms with van der Waals surface area (Å²) in [5, 5.41) is 1.25. The lowest BCUT2D eigenvalue weighted by atomic mass is 10.1. The van der Waals surface area contributed by atoms with E-state index in [4.69, 9.17) is 4.74 Å². The summed E-state index contributed by atoms with van der Waals surface area (Å²) >= 11 is 0. The van der Waals surface area contributed by atoms with Gasteiger partial charge in [-0.15, -0.1) is 0 Å². The second-order valence-corrected chi connectivity index (χ2v) is 6.20. The lowest BCUT2D eigenvalue weighted by molar-refractivity contribution is 0.0252. The van der Waals surface area contributed by atoms with Gasteiger partial charge < -0.3 is 4.74 Å². The Balaban J connectivity index is 2.37. The molecule has 0 aromatic heterocycles. The standard InChI is InChI=1S/C10H18O3S/c1-8(2)6-9(3)13-10-4-5-14(11,12)7-10/h4-5,8-10H,6-7H2,1-3H3. The molecule has 0 aromatic rings. The highest BCUT2D eigenvalue weighted by atomic mass is 32.2. The van der Waals surface area contributed by atoms with Gasteiger partial charge in [-0.25, -0.2) is 8.42 Å². The van der Waals surface area contributed by atoms with Crippen LogP contribution >= 0.6 is 0 Å². The molecular weight excluding hydrogens is 200 g/mol. The fourth-order valence-corrected chi connectivity index (χ4v) is 2.82. The van der Waals surface area contributed by atoms with E-state index in [0.29, 0.717) is 5.92 Å². The normalized spacial score (nSPS) is 27.0. The zero-order valence-electron chi connectivity index (χ0n) is 8.93. The van der Waals surface area contributed by atoms with E-state index in [2.05, 4.69) is 13.8 Å². The van der Waals surface area contributed by atoms with Crippen molar-refractivity contribution in [3.8, 4) is 0 Å². The van der Waals surface area contributed by atoms with E-state index in [9.17, 15) is 8.42 Å². The summed E-state index contributed by atoms with van der Waals surface area (Å²) in [5.74, 6) is 0.682. The van der Waals surface area contributed by atoms with Gasteiger partial charge in [-0.1, -0.05) is 13.8 Å². The van der Waals surface area contributed by atoms with Crippen molar-refractivity contribution in [1.29, 1.82) is 0 Å². The van der Waals surface area contributed by atoms with Crippen molar-refractivity contribution in [2.24, 2.45) is 5.92 Å². The highest BCUT2D eigenvalue weighted by Gasteiger charge is 2.23. The Morgan fingerprint density at radius 1 is 1.43 bits per heavy atom. The number of ether oxygens (including phenoxy) is 1. The van der Waals surface area contributed by atoms with Crippen molar-refractivity contribution in [3.63, 3.8) is 0 Å². The SMILES string of the molecule is CC(C)CC(C)OC1C=CS(=O)(=O)C1. The van der Waals surface area contributed by atoms with Gasteiger partial charge in [-0.05, 0) is 25.3 Å². The Hall–Kier alpha value is -0.350. The van der Waals surface area contributed by atoms with Crippen LogP contribution in [0.2, 0.25) is 0 Å². The van der Waals surface area contributed by atoms with Crippen LogP contribution in [0.4, 0.5) is 0 Å². The van der Waals surface area contributed by atoms with Crippen LogP contribution in [-0.2, 0) is 14.6 Å². The minimum absolute atomic E-state index is 0.107. The predicted octanol–water partition coefficient (Wildman–Crippen LogP) is 1.75. The quantitative estimate of drug-likeness (QED) is 0.722. The summed E-state index contributed by atoms with van der Waals surface area (Å²) in [6.45, 7) is 6.24. The highest BCUT2D eigenvalue weighted by molar-refractivity contribution is 7.94. The zero-order chi connectivity index (χ0) is 10.8. The van der Waals surface area contributed by atoms with E-state index < -0.39 is 9.84 Å². The third-order valence-electron chi connectivity index (χ3n) is 2.11.